The van der Waals surface area contributed by atoms with Crippen LogP contribution in [0.1, 0.15) is 26.3 Å². The molecule has 0 bridgehead atoms. The van der Waals surface area contributed by atoms with E-state index in [2.05, 4.69) is 6.58 Å². The number of rotatable bonds is 0. The molecule has 0 N–H and O–H groups in total. The highest BCUT2D eigenvalue weighted by molar-refractivity contribution is 5.13. The van der Waals surface area contributed by atoms with E-state index in [-0.39, 0.29) is 5.82 Å². The molecule has 0 aliphatic rings. The molecule has 74 valence electrons. The first kappa shape index (κ1) is 14.4. The SMILES string of the molecule is C=CC.CC.Cc1ccc(F)cc1. The highest BCUT2D eigenvalue weighted by atomic mass is 19.1. The Morgan fingerprint density at radius 1 is 1.15 bits per heavy atom. The summed E-state index contributed by atoms with van der Waals surface area (Å²) in [6, 6.07) is 6.40. The monoisotopic (exact) mass is 182 g/mol. The molecule has 0 fully saturated rings. The molecule has 0 spiro atoms. The third kappa shape index (κ3) is 10.9. The Morgan fingerprint density at radius 2 is 1.46 bits per heavy atom. The van der Waals surface area contributed by atoms with Gasteiger partial charge < -0.3 is 0 Å². The molecule has 13 heavy (non-hydrogen) atoms. The van der Waals surface area contributed by atoms with Crippen molar-refractivity contribution in [1.29, 1.82) is 0 Å². The molecule has 0 aliphatic heterocycles. The number of aryl methyl sites for hydroxylation is 1. The molecular formula is C12H19F. The van der Waals surface area contributed by atoms with Crippen molar-refractivity contribution >= 4 is 0 Å². The van der Waals surface area contributed by atoms with Gasteiger partial charge in [-0.3, -0.25) is 0 Å². The first-order valence-electron chi connectivity index (χ1n) is 4.50. The third-order valence-electron chi connectivity index (χ3n) is 1.01. The molecule has 1 heteroatoms. The van der Waals surface area contributed by atoms with E-state index in [1.165, 1.54) is 12.1 Å². The van der Waals surface area contributed by atoms with Crippen molar-refractivity contribution in [3.63, 3.8) is 0 Å². The summed E-state index contributed by atoms with van der Waals surface area (Å²) < 4.78 is 12.1. The van der Waals surface area contributed by atoms with E-state index in [0.29, 0.717) is 0 Å². The van der Waals surface area contributed by atoms with Crippen LogP contribution >= 0.6 is 0 Å². The Hall–Kier alpha value is -1.11. The van der Waals surface area contributed by atoms with Crippen molar-refractivity contribution in [2.75, 3.05) is 0 Å². The molecule has 0 saturated heterocycles. The molecule has 1 rings (SSSR count). The maximum atomic E-state index is 12.1. The number of benzene rings is 1. The fourth-order valence-electron chi connectivity index (χ4n) is 0.533. The topological polar surface area (TPSA) is 0 Å². The van der Waals surface area contributed by atoms with Gasteiger partial charge in [-0.1, -0.05) is 37.6 Å². The first-order chi connectivity index (χ1) is 6.20. The lowest BCUT2D eigenvalue weighted by Gasteiger charge is -1.87. The number of halogens is 1. The summed E-state index contributed by atoms with van der Waals surface area (Å²) in [6.45, 7) is 11.2. The minimum atomic E-state index is -0.171. The normalized spacial score (nSPS) is 7.15. The van der Waals surface area contributed by atoms with Crippen molar-refractivity contribution in [2.24, 2.45) is 0 Å². The maximum Gasteiger partial charge on any atom is 0.123 e. The summed E-state index contributed by atoms with van der Waals surface area (Å²) in [5.74, 6) is -0.171. The summed E-state index contributed by atoms with van der Waals surface area (Å²) in [5.41, 5.74) is 1.09. The van der Waals surface area contributed by atoms with Crippen LogP contribution in [0.25, 0.3) is 0 Å². The molecule has 0 atom stereocenters. The predicted octanol–water partition coefficient (Wildman–Crippen LogP) is 4.35. The molecule has 0 radical (unpaired) electrons. The Kier molecular flexibility index (Phi) is 12.1. The molecule has 1 aromatic rings. The highest BCUT2D eigenvalue weighted by Crippen LogP contribution is 1.98. The van der Waals surface area contributed by atoms with Gasteiger partial charge in [0.1, 0.15) is 5.82 Å². The lowest BCUT2D eigenvalue weighted by Crippen LogP contribution is -1.71. The van der Waals surface area contributed by atoms with Crippen LogP contribution in [0.3, 0.4) is 0 Å². The minimum Gasteiger partial charge on any atom is -0.207 e. The summed E-state index contributed by atoms with van der Waals surface area (Å²) in [7, 11) is 0. The van der Waals surface area contributed by atoms with Crippen molar-refractivity contribution in [3.05, 3.63) is 48.3 Å². The van der Waals surface area contributed by atoms with E-state index >= 15 is 0 Å². The smallest absolute Gasteiger partial charge is 0.123 e. The van der Waals surface area contributed by atoms with Gasteiger partial charge in [-0.25, -0.2) is 4.39 Å². The van der Waals surface area contributed by atoms with Crippen molar-refractivity contribution in [1.82, 2.24) is 0 Å². The zero-order chi connectivity index (χ0) is 10.7. The summed E-state index contributed by atoms with van der Waals surface area (Å²) in [5, 5.41) is 0. The van der Waals surface area contributed by atoms with E-state index in [1.54, 1.807) is 18.2 Å². The number of allylic oxidation sites excluding steroid dienone is 1. The molecule has 0 aliphatic carbocycles. The Bertz CT molecular complexity index is 178. The molecule has 0 heterocycles. The zero-order valence-corrected chi connectivity index (χ0v) is 8.97. The van der Waals surface area contributed by atoms with Gasteiger partial charge in [-0.15, -0.1) is 6.58 Å². The van der Waals surface area contributed by atoms with Gasteiger partial charge in [-0.05, 0) is 26.0 Å². The quantitative estimate of drug-likeness (QED) is 0.523. The van der Waals surface area contributed by atoms with Crippen LogP contribution in [0.4, 0.5) is 4.39 Å². The van der Waals surface area contributed by atoms with Gasteiger partial charge in [0, 0.05) is 0 Å². The van der Waals surface area contributed by atoms with E-state index in [1.807, 2.05) is 27.7 Å². The fourth-order valence-corrected chi connectivity index (χ4v) is 0.533. The van der Waals surface area contributed by atoms with Crippen molar-refractivity contribution in [3.8, 4) is 0 Å². The summed E-state index contributed by atoms with van der Waals surface area (Å²) in [6.07, 6.45) is 1.75. The van der Waals surface area contributed by atoms with Crippen LogP contribution in [-0.2, 0) is 0 Å². The molecule has 0 saturated carbocycles. The van der Waals surface area contributed by atoms with Gasteiger partial charge >= 0.3 is 0 Å². The van der Waals surface area contributed by atoms with Gasteiger partial charge in [-0.2, -0.15) is 0 Å². The van der Waals surface area contributed by atoms with Gasteiger partial charge in [0.05, 0.1) is 0 Å². The lowest BCUT2D eigenvalue weighted by molar-refractivity contribution is 0.627. The van der Waals surface area contributed by atoms with E-state index in [0.717, 1.165) is 5.56 Å². The van der Waals surface area contributed by atoms with Crippen LogP contribution in [0.5, 0.6) is 0 Å². The van der Waals surface area contributed by atoms with Crippen LogP contribution in [0.2, 0.25) is 0 Å². The standard InChI is InChI=1S/C7H7F.C3H6.C2H6/c1-6-2-4-7(8)5-3-6;1-3-2;1-2/h2-5H,1H3;3H,1H2,2H3;1-2H3. The molecular weight excluding hydrogens is 163 g/mol. The second-order valence-corrected chi connectivity index (χ2v) is 2.20. The van der Waals surface area contributed by atoms with Crippen LogP contribution in [0.15, 0.2) is 36.9 Å². The Balaban J connectivity index is 0. The van der Waals surface area contributed by atoms with Gasteiger partial charge in [0.2, 0.25) is 0 Å². The van der Waals surface area contributed by atoms with Crippen LogP contribution in [-0.4, -0.2) is 0 Å². The predicted molar refractivity (Wildman–Crippen MR) is 58.4 cm³/mol. The molecule has 0 nitrogen and oxygen atoms in total. The van der Waals surface area contributed by atoms with Gasteiger partial charge in [0.25, 0.3) is 0 Å². The second-order valence-electron chi connectivity index (χ2n) is 2.20. The van der Waals surface area contributed by atoms with E-state index in [9.17, 15) is 4.39 Å². The molecule has 0 aromatic heterocycles. The Morgan fingerprint density at radius 3 is 1.69 bits per heavy atom. The summed E-state index contributed by atoms with van der Waals surface area (Å²) >= 11 is 0. The highest BCUT2D eigenvalue weighted by Gasteiger charge is 1.83. The zero-order valence-electron chi connectivity index (χ0n) is 8.97. The van der Waals surface area contributed by atoms with Crippen molar-refractivity contribution in [2.45, 2.75) is 27.7 Å². The fraction of sp³-hybridized carbons (Fsp3) is 0.333. The number of hydrogen-bond acceptors (Lipinski definition) is 0. The first-order valence-corrected chi connectivity index (χ1v) is 4.50. The Labute approximate surface area is 81.1 Å². The molecule has 0 amide bonds. The largest absolute Gasteiger partial charge is 0.207 e. The van der Waals surface area contributed by atoms with Gasteiger partial charge in [0.15, 0.2) is 0 Å². The van der Waals surface area contributed by atoms with Crippen LogP contribution in [0, 0.1) is 12.7 Å². The summed E-state index contributed by atoms with van der Waals surface area (Å²) in [4.78, 5) is 0. The average molecular weight is 182 g/mol. The maximum absolute atomic E-state index is 12.1. The minimum absolute atomic E-state index is 0.171. The third-order valence-corrected chi connectivity index (χ3v) is 1.01. The van der Waals surface area contributed by atoms with E-state index in [4.69, 9.17) is 0 Å². The van der Waals surface area contributed by atoms with E-state index < -0.39 is 0 Å². The number of hydrogen-bond donors (Lipinski definition) is 0. The molecule has 1 aromatic carbocycles. The second kappa shape index (κ2) is 10.9. The van der Waals surface area contributed by atoms with Crippen LogP contribution < -0.4 is 0 Å². The average Bonchev–Trinajstić information content (AvgIpc) is 2.15. The van der Waals surface area contributed by atoms with Crippen molar-refractivity contribution < 1.29 is 4.39 Å². The molecule has 0 unspecified atom stereocenters. The lowest BCUT2D eigenvalue weighted by atomic mass is 10.2.